The van der Waals surface area contributed by atoms with E-state index in [0.29, 0.717) is 17.9 Å². The van der Waals surface area contributed by atoms with Crippen LogP contribution in [-0.4, -0.2) is 36.5 Å². The zero-order valence-electron chi connectivity index (χ0n) is 12.5. The van der Waals surface area contributed by atoms with E-state index in [9.17, 15) is 4.79 Å². The monoisotopic (exact) mass is 284 g/mol. The van der Waals surface area contributed by atoms with Crippen molar-refractivity contribution in [2.24, 2.45) is 17.8 Å². The molecule has 0 bridgehead atoms. The molecule has 1 aromatic rings. The van der Waals surface area contributed by atoms with Crippen molar-refractivity contribution in [1.82, 2.24) is 10.2 Å². The molecule has 3 atom stereocenters. The molecule has 3 aliphatic rings. The molecule has 3 heteroatoms. The maximum Gasteiger partial charge on any atom is 0.251 e. The summed E-state index contributed by atoms with van der Waals surface area (Å²) in [6.07, 6.45) is 5.72. The van der Waals surface area contributed by atoms with Gasteiger partial charge in [-0.05, 0) is 42.7 Å². The smallest absolute Gasteiger partial charge is 0.251 e. The molecular formula is C18H24N2O. The molecule has 112 valence electrons. The van der Waals surface area contributed by atoms with Crippen molar-refractivity contribution in [1.29, 1.82) is 0 Å². The number of nitrogens with zero attached hydrogens (tertiary/aromatic N) is 1. The quantitative estimate of drug-likeness (QED) is 0.921. The predicted molar refractivity (Wildman–Crippen MR) is 83.1 cm³/mol. The topological polar surface area (TPSA) is 32.3 Å². The van der Waals surface area contributed by atoms with Gasteiger partial charge in [-0.3, -0.25) is 4.79 Å². The lowest BCUT2D eigenvalue weighted by Crippen LogP contribution is -2.36. The zero-order valence-corrected chi connectivity index (χ0v) is 12.5. The molecule has 1 aromatic carbocycles. The third-order valence-electron chi connectivity index (χ3n) is 5.59. The van der Waals surface area contributed by atoms with Gasteiger partial charge < -0.3 is 10.2 Å². The van der Waals surface area contributed by atoms with E-state index < -0.39 is 0 Å². The van der Waals surface area contributed by atoms with Crippen LogP contribution in [0.15, 0.2) is 30.3 Å². The van der Waals surface area contributed by atoms with E-state index in [4.69, 9.17) is 0 Å². The zero-order chi connectivity index (χ0) is 14.2. The molecule has 1 N–H and O–H groups in total. The van der Waals surface area contributed by atoms with Gasteiger partial charge in [0, 0.05) is 31.2 Å². The minimum absolute atomic E-state index is 0.0948. The summed E-state index contributed by atoms with van der Waals surface area (Å²) in [4.78, 5) is 14.8. The highest BCUT2D eigenvalue weighted by atomic mass is 16.1. The van der Waals surface area contributed by atoms with E-state index in [1.54, 1.807) is 0 Å². The van der Waals surface area contributed by atoms with Gasteiger partial charge in [-0.25, -0.2) is 0 Å². The van der Waals surface area contributed by atoms with Crippen molar-refractivity contribution in [2.75, 3.05) is 19.6 Å². The third-order valence-corrected chi connectivity index (χ3v) is 5.59. The average Bonchev–Trinajstić information content (AvgIpc) is 2.94. The average molecular weight is 284 g/mol. The molecule has 1 heterocycles. The third kappa shape index (κ3) is 2.71. The number of rotatable bonds is 4. The summed E-state index contributed by atoms with van der Waals surface area (Å²) in [6, 6.07) is 10.00. The Kier molecular flexibility index (Phi) is 3.46. The predicted octanol–water partition coefficient (Wildman–Crippen LogP) is 2.54. The summed E-state index contributed by atoms with van der Waals surface area (Å²) < 4.78 is 0. The fourth-order valence-electron chi connectivity index (χ4n) is 4.36. The van der Waals surface area contributed by atoms with Crippen molar-refractivity contribution < 1.29 is 4.79 Å². The molecule has 0 spiro atoms. The molecule has 1 unspecified atom stereocenters. The lowest BCUT2D eigenvalue weighted by atomic mass is 10.1. The summed E-state index contributed by atoms with van der Waals surface area (Å²) in [5.41, 5.74) is 0.783. The number of piperidine rings is 1. The van der Waals surface area contributed by atoms with Crippen molar-refractivity contribution in [3.05, 3.63) is 35.9 Å². The van der Waals surface area contributed by atoms with Gasteiger partial charge in [0.25, 0.3) is 5.91 Å². The van der Waals surface area contributed by atoms with Crippen molar-refractivity contribution >= 4 is 5.91 Å². The molecule has 0 aromatic heterocycles. The van der Waals surface area contributed by atoms with Crippen LogP contribution in [0, 0.1) is 17.8 Å². The Balaban J connectivity index is 1.25. The number of nitrogens with one attached hydrogen (secondary N) is 1. The van der Waals surface area contributed by atoms with E-state index in [0.717, 1.165) is 11.5 Å². The molecule has 2 saturated carbocycles. The number of fused-ring (bicyclic) bond motifs is 1. The van der Waals surface area contributed by atoms with Crippen LogP contribution in [-0.2, 0) is 0 Å². The second-order valence-corrected chi connectivity index (χ2v) is 7.06. The number of benzene rings is 1. The molecule has 3 fully saturated rings. The highest BCUT2D eigenvalue weighted by Crippen LogP contribution is 2.46. The second kappa shape index (κ2) is 5.45. The number of likely N-dealkylation sites (tertiary alicyclic amines) is 1. The van der Waals surface area contributed by atoms with Crippen LogP contribution in [0.5, 0.6) is 0 Å². The van der Waals surface area contributed by atoms with Crippen molar-refractivity contribution in [2.45, 2.75) is 31.7 Å². The maximum atomic E-state index is 12.2. The number of carbonyl (C=O) groups excluding carboxylic acids is 1. The minimum Gasteiger partial charge on any atom is -0.349 e. The summed E-state index contributed by atoms with van der Waals surface area (Å²) in [5.74, 6) is 2.45. The SMILES string of the molecule is O=C(NC1[C@H]2CN(CC3CCCC3)C[C@@H]12)c1ccccc1. The van der Waals surface area contributed by atoms with Crippen LogP contribution in [0.4, 0.5) is 0 Å². The van der Waals surface area contributed by atoms with Crippen LogP contribution in [0.3, 0.4) is 0 Å². The standard InChI is InChI=1S/C18H24N2O/c21-18(14-8-2-1-3-9-14)19-17-15-11-20(12-16(15)17)10-13-6-4-5-7-13/h1-3,8-9,13,15-17H,4-7,10-12H2,(H,19,21)/t15-,16+,17?. The molecule has 1 aliphatic heterocycles. The van der Waals surface area contributed by atoms with Crippen molar-refractivity contribution in [3.8, 4) is 0 Å². The Labute approximate surface area is 126 Å². The normalized spacial score (nSPS) is 32.1. The first-order valence-electron chi connectivity index (χ1n) is 8.39. The molecule has 1 amide bonds. The van der Waals surface area contributed by atoms with Crippen LogP contribution >= 0.6 is 0 Å². The first kappa shape index (κ1) is 13.3. The van der Waals surface area contributed by atoms with Gasteiger partial charge in [0.1, 0.15) is 0 Å². The van der Waals surface area contributed by atoms with Crippen LogP contribution in [0.1, 0.15) is 36.0 Å². The summed E-state index contributed by atoms with van der Waals surface area (Å²) in [5, 5.41) is 3.22. The molecule has 4 rings (SSSR count). The molecule has 1 saturated heterocycles. The van der Waals surface area contributed by atoms with E-state index in [1.807, 2.05) is 30.3 Å². The molecule has 3 nitrogen and oxygen atoms in total. The summed E-state index contributed by atoms with van der Waals surface area (Å²) in [6.45, 7) is 3.69. The Morgan fingerprint density at radius 2 is 1.76 bits per heavy atom. The highest BCUT2D eigenvalue weighted by molar-refractivity contribution is 5.94. The van der Waals surface area contributed by atoms with Gasteiger partial charge in [-0.15, -0.1) is 0 Å². The molecule has 2 aliphatic carbocycles. The second-order valence-electron chi connectivity index (χ2n) is 7.06. The molecule has 21 heavy (non-hydrogen) atoms. The Hall–Kier alpha value is -1.35. The summed E-state index contributed by atoms with van der Waals surface area (Å²) >= 11 is 0. The Morgan fingerprint density at radius 1 is 1.10 bits per heavy atom. The Bertz CT molecular complexity index is 497. The minimum atomic E-state index is 0.0948. The highest BCUT2D eigenvalue weighted by Gasteiger charge is 2.56. The molecular weight excluding hydrogens is 260 g/mol. The van der Waals surface area contributed by atoms with Crippen LogP contribution < -0.4 is 5.32 Å². The van der Waals surface area contributed by atoms with Crippen LogP contribution in [0.2, 0.25) is 0 Å². The number of hydrogen-bond donors (Lipinski definition) is 1. The van der Waals surface area contributed by atoms with Gasteiger partial charge in [-0.1, -0.05) is 31.0 Å². The number of hydrogen-bond acceptors (Lipinski definition) is 2. The summed E-state index contributed by atoms with van der Waals surface area (Å²) in [7, 11) is 0. The van der Waals surface area contributed by atoms with Gasteiger partial charge in [0.05, 0.1) is 0 Å². The van der Waals surface area contributed by atoms with Gasteiger partial charge in [0.2, 0.25) is 0 Å². The maximum absolute atomic E-state index is 12.2. The van der Waals surface area contributed by atoms with E-state index in [-0.39, 0.29) is 5.91 Å². The van der Waals surface area contributed by atoms with E-state index in [2.05, 4.69) is 10.2 Å². The lowest BCUT2D eigenvalue weighted by Gasteiger charge is -2.23. The molecule has 0 radical (unpaired) electrons. The van der Waals surface area contributed by atoms with Gasteiger partial charge in [0.15, 0.2) is 0 Å². The number of carbonyl (C=O) groups is 1. The van der Waals surface area contributed by atoms with Crippen molar-refractivity contribution in [3.63, 3.8) is 0 Å². The largest absolute Gasteiger partial charge is 0.349 e. The van der Waals surface area contributed by atoms with Gasteiger partial charge in [-0.2, -0.15) is 0 Å². The van der Waals surface area contributed by atoms with Gasteiger partial charge >= 0.3 is 0 Å². The lowest BCUT2D eigenvalue weighted by molar-refractivity contribution is 0.0942. The first-order valence-corrected chi connectivity index (χ1v) is 8.39. The van der Waals surface area contributed by atoms with E-state index >= 15 is 0 Å². The van der Waals surface area contributed by atoms with Crippen LogP contribution in [0.25, 0.3) is 0 Å². The fraction of sp³-hybridized carbons (Fsp3) is 0.611. The first-order chi connectivity index (χ1) is 10.3. The Morgan fingerprint density at radius 3 is 2.43 bits per heavy atom. The number of amides is 1. The fourth-order valence-corrected chi connectivity index (χ4v) is 4.36. The van der Waals surface area contributed by atoms with E-state index in [1.165, 1.54) is 45.3 Å².